The van der Waals surface area contributed by atoms with Gasteiger partial charge in [0.1, 0.15) is 11.4 Å². The van der Waals surface area contributed by atoms with Crippen molar-refractivity contribution in [2.75, 3.05) is 26.2 Å². The quantitative estimate of drug-likeness (QED) is 0.196. The number of nitrogens with one attached hydrogen (secondary N) is 1. The molecule has 0 saturated carbocycles. The Kier molecular flexibility index (Phi) is 11.8. The van der Waals surface area contributed by atoms with Crippen molar-refractivity contribution < 1.29 is 29.0 Å². The van der Waals surface area contributed by atoms with Gasteiger partial charge in [-0.1, -0.05) is 18.2 Å². The van der Waals surface area contributed by atoms with E-state index in [-0.39, 0.29) is 28.3 Å². The zero-order valence-electron chi connectivity index (χ0n) is 18.0. The van der Waals surface area contributed by atoms with E-state index < -0.39 is 17.8 Å². The van der Waals surface area contributed by atoms with Gasteiger partial charge in [-0.25, -0.2) is 9.59 Å². The molecular formula is C21H24N3O6P2-. The molecule has 0 aliphatic carbocycles. The van der Waals surface area contributed by atoms with E-state index in [1.807, 2.05) is 0 Å². The number of para-hydroxylation sites is 1. The normalized spacial score (nSPS) is 11.4. The van der Waals surface area contributed by atoms with Gasteiger partial charge in [-0.05, 0) is 37.3 Å². The number of aliphatic hydroxyl groups excluding tert-OH is 1. The summed E-state index contributed by atoms with van der Waals surface area (Å²) in [7, 11) is 6.28. The van der Waals surface area contributed by atoms with Crippen LogP contribution >= 0.6 is 17.2 Å². The van der Waals surface area contributed by atoms with Gasteiger partial charge in [-0.3, -0.25) is 4.79 Å². The van der Waals surface area contributed by atoms with Crippen LogP contribution in [0.3, 0.4) is 0 Å². The standard InChI is InChI=1S/C20H19N3O6.CH5P2/c1-12(24)17(18(25)21-14-7-5-4-6-8-14)23-22-16-11-13(19(26)28-2)9-10-15(16)20(27)29-3;1-3-2/h4-11,24H,1-3H3,(H,21,25);2H2,1H3/q;-1. The highest BCUT2D eigenvalue weighted by molar-refractivity contribution is 8.02. The lowest BCUT2D eigenvalue weighted by molar-refractivity contribution is -0.113. The van der Waals surface area contributed by atoms with Crippen molar-refractivity contribution in [2.24, 2.45) is 10.2 Å². The second-order valence-corrected chi connectivity index (χ2v) is 7.99. The predicted octanol–water partition coefficient (Wildman–Crippen LogP) is 5.12. The maximum atomic E-state index is 12.4. The average Bonchev–Trinajstić information content (AvgIpc) is 2.79. The highest BCUT2D eigenvalue weighted by atomic mass is 32.0. The van der Waals surface area contributed by atoms with Crippen molar-refractivity contribution in [3.63, 3.8) is 0 Å². The summed E-state index contributed by atoms with van der Waals surface area (Å²) in [5.74, 6) is -2.45. The summed E-state index contributed by atoms with van der Waals surface area (Å²) in [6.45, 7) is 3.33. The Morgan fingerprint density at radius 3 is 2.16 bits per heavy atom. The maximum absolute atomic E-state index is 12.4. The molecule has 2 N–H and O–H groups in total. The number of allylic oxidation sites excluding steroid dienone is 1. The summed E-state index contributed by atoms with van der Waals surface area (Å²) in [5.41, 5.74) is 0.227. The number of amides is 1. The van der Waals surface area contributed by atoms with Crippen LogP contribution in [0.1, 0.15) is 27.6 Å². The number of azo groups is 1. The smallest absolute Gasteiger partial charge is 0.340 e. The minimum atomic E-state index is -0.713. The molecule has 1 atom stereocenters. The minimum Gasteiger partial charge on any atom is -0.518 e. The van der Waals surface area contributed by atoms with Crippen LogP contribution in [0.5, 0.6) is 0 Å². The second-order valence-electron chi connectivity index (χ2n) is 5.93. The van der Waals surface area contributed by atoms with Crippen molar-refractivity contribution in [1.82, 2.24) is 0 Å². The van der Waals surface area contributed by atoms with Gasteiger partial charge < -0.3 is 37.1 Å². The number of esters is 2. The molecule has 0 aliphatic heterocycles. The zero-order valence-corrected chi connectivity index (χ0v) is 20.1. The molecule has 0 aromatic heterocycles. The van der Waals surface area contributed by atoms with Gasteiger partial charge >= 0.3 is 11.9 Å². The summed E-state index contributed by atoms with van der Waals surface area (Å²) in [4.78, 5) is 36.1. The van der Waals surface area contributed by atoms with Gasteiger partial charge in [0.25, 0.3) is 5.91 Å². The molecule has 2 aromatic carbocycles. The van der Waals surface area contributed by atoms with Gasteiger partial charge in [0.05, 0.1) is 25.3 Å². The Bertz CT molecular complexity index is 1010. The Balaban J connectivity index is 0.00000161. The molecule has 1 unspecified atom stereocenters. The number of hydrogen-bond acceptors (Lipinski definition) is 8. The monoisotopic (exact) mass is 476 g/mol. The van der Waals surface area contributed by atoms with Crippen molar-refractivity contribution in [3.8, 4) is 0 Å². The number of carbonyl (C=O) groups excluding carboxylic acids is 3. The molecule has 170 valence electrons. The van der Waals surface area contributed by atoms with Gasteiger partial charge in [-0.2, -0.15) is 6.66 Å². The molecule has 0 saturated heterocycles. The molecule has 0 bridgehead atoms. The topological polar surface area (TPSA) is 127 Å². The van der Waals surface area contributed by atoms with Crippen LogP contribution in [-0.4, -0.2) is 43.8 Å². The highest BCUT2D eigenvalue weighted by Gasteiger charge is 2.17. The van der Waals surface area contributed by atoms with E-state index in [1.54, 1.807) is 30.3 Å². The second kappa shape index (κ2) is 14.0. The summed E-state index contributed by atoms with van der Waals surface area (Å²) in [6.07, 6.45) is 0. The maximum Gasteiger partial charge on any atom is 0.340 e. The Morgan fingerprint density at radius 1 is 1.03 bits per heavy atom. The molecule has 2 rings (SSSR count). The number of hydrogen-bond donors (Lipinski definition) is 2. The minimum absolute atomic E-state index is 0.0160. The molecular weight excluding hydrogens is 452 g/mol. The molecule has 0 aliphatic rings. The molecule has 9 nitrogen and oxygen atoms in total. The number of carbonyl (C=O) groups is 3. The lowest BCUT2D eigenvalue weighted by Gasteiger charge is -2.07. The van der Waals surface area contributed by atoms with E-state index in [0.29, 0.717) is 5.69 Å². The average molecular weight is 476 g/mol. The van der Waals surface area contributed by atoms with E-state index in [0.717, 1.165) is 0 Å². The largest absolute Gasteiger partial charge is 0.518 e. The van der Waals surface area contributed by atoms with Crippen molar-refractivity contribution in [3.05, 3.63) is 71.1 Å². The number of ether oxygens (including phenoxy) is 2. The first-order valence-corrected chi connectivity index (χ1v) is 12.0. The Hall–Kier alpha value is -3.15. The fourth-order valence-corrected chi connectivity index (χ4v) is 2.24. The molecule has 0 fully saturated rings. The van der Waals surface area contributed by atoms with Gasteiger partial charge in [0.15, 0.2) is 5.70 Å². The highest BCUT2D eigenvalue weighted by Crippen LogP contribution is 2.24. The third-order valence-electron chi connectivity index (χ3n) is 3.67. The van der Waals surface area contributed by atoms with E-state index in [4.69, 9.17) is 0 Å². The van der Waals surface area contributed by atoms with Crippen LogP contribution in [0.15, 0.2) is 70.2 Å². The molecule has 32 heavy (non-hydrogen) atoms. The number of anilines is 1. The number of aliphatic hydroxyl groups is 1. The van der Waals surface area contributed by atoms with Crippen LogP contribution in [0.2, 0.25) is 0 Å². The number of benzene rings is 2. The summed E-state index contributed by atoms with van der Waals surface area (Å²) in [5, 5.41) is 20.1. The van der Waals surface area contributed by atoms with Gasteiger partial charge in [-0.15, -0.1) is 10.2 Å². The summed E-state index contributed by atoms with van der Waals surface area (Å²) < 4.78 is 9.33. The lowest BCUT2D eigenvalue weighted by Crippen LogP contribution is -2.14. The van der Waals surface area contributed by atoms with Gasteiger partial charge in [0.2, 0.25) is 0 Å². The van der Waals surface area contributed by atoms with Crippen molar-refractivity contribution in [2.45, 2.75) is 6.92 Å². The van der Waals surface area contributed by atoms with Crippen LogP contribution < -0.4 is 5.32 Å². The van der Waals surface area contributed by atoms with Crippen molar-refractivity contribution in [1.29, 1.82) is 0 Å². The molecule has 2 aromatic rings. The first-order valence-electron chi connectivity index (χ1n) is 9.06. The summed E-state index contributed by atoms with van der Waals surface area (Å²) in [6, 6.07) is 12.5. The first-order chi connectivity index (χ1) is 15.3. The van der Waals surface area contributed by atoms with Crippen LogP contribution in [0.4, 0.5) is 11.4 Å². The van der Waals surface area contributed by atoms with E-state index in [9.17, 15) is 19.5 Å². The van der Waals surface area contributed by atoms with Crippen molar-refractivity contribution >= 4 is 46.4 Å². The Labute approximate surface area is 190 Å². The van der Waals surface area contributed by atoms with Crippen LogP contribution in [-0.2, 0) is 14.3 Å². The lowest BCUT2D eigenvalue weighted by atomic mass is 10.1. The molecule has 11 heteroatoms. The Morgan fingerprint density at radius 2 is 1.62 bits per heavy atom. The fraction of sp³-hybridized carbons (Fsp3) is 0.190. The molecule has 1 amide bonds. The zero-order chi connectivity index (χ0) is 24.1. The van der Waals surface area contributed by atoms with Crippen LogP contribution in [0.25, 0.3) is 0 Å². The SMILES string of the molecule is COC(=O)c1ccc(C(=O)OC)c(N=NC(C(=O)Nc2ccccc2)=C(C)O)c1.C[P-]P. The number of rotatable bonds is 6. The number of nitrogens with zero attached hydrogens (tertiary/aromatic N) is 2. The molecule has 0 spiro atoms. The van der Waals surface area contributed by atoms with E-state index >= 15 is 0 Å². The first kappa shape index (κ1) is 26.9. The van der Waals surface area contributed by atoms with Crippen LogP contribution in [0, 0.1) is 0 Å². The third-order valence-corrected chi connectivity index (χ3v) is 3.67. The molecule has 0 heterocycles. The van der Waals surface area contributed by atoms with Gasteiger partial charge in [0, 0.05) is 5.69 Å². The van der Waals surface area contributed by atoms with E-state index in [1.165, 1.54) is 47.6 Å². The van der Waals surface area contributed by atoms with E-state index in [2.05, 4.69) is 40.6 Å². The molecule has 0 radical (unpaired) electrons. The predicted molar refractivity (Wildman–Crippen MR) is 127 cm³/mol. The number of methoxy groups -OCH3 is 2. The summed E-state index contributed by atoms with van der Waals surface area (Å²) >= 11 is 0. The third kappa shape index (κ3) is 8.17. The fourth-order valence-electron chi connectivity index (χ4n) is 2.24.